The third kappa shape index (κ3) is 8.44. The molecule has 0 saturated carbocycles. The van der Waals surface area contributed by atoms with Crippen LogP contribution in [-0.2, 0) is 25.4 Å². The van der Waals surface area contributed by atoms with Gasteiger partial charge >= 0.3 is 18.1 Å². The van der Waals surface area contributed by atoms with Crippen LogP contribution < -0.4 is 15.5 Å². The second-order valence-electron chi connectivity index (χ2n) is 11.2. The van der Waals surface area contributed by atoms with Gasteiger partial charge in [0.15, 0.2) is 5.82 Å². The zero-order chi connectivity index (χ0) is 31.0. The number of aromatic nitrogens is 2. The molecule has 0 radical (unpaired) electrons. The quantitative estimate of drug-likeness (QED) is 0.335. The van der Waals surface area contributed by atoms with Gasteiger partial charge in [0.05, 0.1) is 31.6 Å². The van der Waals surface area contributed by atoms with Crippen molar-refractivity contribution < 1.29 is 28.6 Å². The van der Waals surface area contributed by atoms with Crippen LogP contribution in [0, 0.1) is 0 Å². The molecule has 3 heterocycles. The molecule has 1 aromatic carbocycles. The molecule has 1 fully saturated rings. The molecule has 2 aromatic rings. The van der Waals surface area contributed by atoms with Crippen molar-refractivity contribution in [3.8, 4) is 11.4 Å². The van der Waals surface area contributed by atoms with Crippen LogP contribution in [0.1, 0.15) is 58.3 Å². The number of ether oxygens (including phenoxy) is 3. The number of hydrogen-bond acceptors (Lipinski definition) is 9. The van der Waals surface area contributed by atoms with Gasteiger partial charge in [0.1, 0.15) is 11.4 Å². The monoisotopic (exact) mass is 594 g/mol. The standard InChI is InChI=1S/C31H42N6O6/c1-6-32-29(39)33-22-13-11-21(12-14-22)27-34-26-23(28(35-27)36-17-19-41-20-18-36)15-16-37(30(40)43-31(3,4)5)24(26)9-8-10-25(38)42-7-2/h8,10-14,24H,6-7,9,15-20H2,1-5H3,(H2,32,33,39)/t24-/m0/s1. The summed E-state index contributed by atoms with van der Waals surface area (Å²) in [6.45, 7) is 12.9. The van der Waals surface area contributed by atoms with Gasteiger partial charge in [0, 0.05) is 49.1 Å². The first kappa shape index (κ1) is 31.7. The summed E-state index contributed by atoms with van der Waals surface area (Å²) in [5.74, 6) is 0.868. The summed E-state index contributed by atoms with van der Waals surface area (Å²) in [6.07, 6.45) is 3.54. The molecule has 12 heteroatoms. The molecule has 0 unspecified atom stereocenters. The zero-order valence-corrected chi connectivity index (χ0v) is 25.6. The molecule has 2 aliphatic rings. The molecule has 2 N–H and O–H groups in total. The maximum absolute atomic E-state index is 13.4. The number of carbonyl (C=O) groups excluding carboxylic acids is 3. The van der Waals surface area contributed by atoms with E-state index in [9.17, 15) is 14.4 Å². The number of urea groups is 1. The third-order valence-corrected chi connectivity index (χ3v) is 6.89. The molecular formula is C31H42N6O6. The van der Waals surface area contributed by atoms with Crippen LogP contribution >= 0.6 is 0 Å². The second-order valence-corrected chi connectivity index (χ2v) is 11.2. The van der Waals surface area contributed by atoms with E-state index in [1.165, 1.54) is 6.08 Å². The maximum atomic E-state index is 13.4. The fourth-order valence-corrected chi connectivity index (χ4v) is 5.01. The van der Waals surface area contributed by atoms with Crippen LogP contribution in [0.3, 0.4) is 0 Å². The van der Waals surface area contributed by atoms with Gasteiger partial charge in [-0.3, -0.25) is 4.90 Å². The van der Waals surface area contributed by atoms with E-state index >= 15 is 0 Å². The van der Waals surface area contributed by atoms with Gasteiger partial charge in [-0.15, -0.1) is 0 Å². The van der Waals surface area contributed by atoms with Crippen LogP contribution in [-0.4, -0.2) is 84.6 Å². The lowest BCUT2D eigenvalue weighted by Crippen LogP contribution is -2.45. The Morgan fingerprint density at radius 2 is 1.79 bits per heavy atom. The highest BCUT2D eigenvalue weighted by Gasteiger charge is 2.37. The van der Waals surface area contributed by atoms with Crippen molar-refractivity contribution in [2.24, 2.45) is 0 Å². The Bertz CT molecular complexity index is 1320. The molecule has 1 aromatic heterocycles. The average Bonchev–Trinajstić information content (AvgIpc) is 2.97. The normalized spacial score (nSPS) is 16.9. The van der Waals surface area contributed by atoms with Gasteiger partial charge in [0.2, 0.25) is 0 Å². The molecule has 1 atom stereocenters. The first-order chi connectivity index (χ1) is 20.6. The second kappa shape index (κ2) is 14.3. The van der Waals surface area contributed by atoms with Gasteiger partial charge < -0.3 is 29.7 Å². The number of rotatable bonds is 8. The number of esters is 1. The Morgan fingerprint density at radius 1 is 1.07 bits per heavy atom. The van der Waals surface area contributed by atoms with Crippen molar-refractivity contribution in [2.75, 3.05) is 56.2 Å². The maximum Gasteiger partial charge on any atom is 0.410 e. The van der Waals surface area contributed by atoms with E-state index in [0.717, 1.165) is 16.9 Å². The minimum atomic E-state index is -0.678. The molecule has 1 saturated heterocycles. The van der Waals surface area contributed by atoms with Crippen molar-refractivity contribution in [2.45, 2.75) is 59.1 Å². The Labute approximate surface area is 252 Å². The number of nitrogens with one attached hydrogen (secondary N) is 2. The number of carbonyl (C=O) groups is 3. The van der Waals surface area contributed by atoms with Crippen molar-refractivity contribution in [1.29, 1.82) is 0 Å². The predicted molar refractivity (Wildman–Crippen MR) is 163 cm³/mol. The van der Waals surface area contributed by atoms with Crippen LogP contribution in [0.15, 0.2) is 36.4 Å². The number of amides is 3. The van der Waals surface area contributed by atoms with Crippen molar-refractivity contribution in [3.63, 3.8) is 0 Å². The minimum Gasteiger partial charge on any atom is -0.463 e. The van der Waals surface area contributed by atoms with Crippen LogP contribution in [0.25, 0.3) is 11.4 Å². The number of hydrogen-bond donors (Lipinski definition) is 2. The summed E-state index contributed by atoms with van der Waals surface area (Å²) in [4.78, 5) is 51.4. The van der Waals surface area contributed by atoms with Gasteiger partial charge in [-0.05, 0) is 71.7 Å². The van der Waals surface area contributed by atoms with Crippen molar-refractivity contribution >= 4 is 29.6 Å². The lowest BCUT2D eigenvalue weighted by Gasteiger charge is -2.39. The van der Waals surface area contributed by atoms with Crippen molar-refractivity contribution in [3.05, 3.63) is 47.7 Å². The average molecular weight is 595 g/mol. The largest absolute Gasteiger partial charge is 0.463 e. The highest BCUT2D eigenvalue weighted by atomic mass is 16.6. The predicted octanol–water partition coefficient (Wildman–Crippen LogP) is 4.47. The molecule has 0 aliphatic carbocycles. The van der Waals surface area contributed by atoms with E-state index in [1.54, 1.807) is 30.0 Å². The Balaban J connectivity index is 1.77. The SMILES string of the molecule is CCNC(=O)Nc1ccc(-c2nc3c(c(N4CCOCC4)n2)CCN(C(=O)OC(C)(C)C)[C@H]3CC=CC(=O)OCC)cc1. The van der Waals surface area contributed by atoms with E-state index < -0.39 is 23.7 Å². The molecule has 43 heavy (non-hydrogen) atoms. The van der Waals surface area contributed by atoms with Gasteiger partial charge in [-0.1, -0.05) is 6.08 Å². The molecular weight excluding hydrogens is 552 g/mol. The lowest BCUT2D eigenvalue weighted by atomic mass is 9.94. The zero-order valence-electron chi connectivity index (χ0n) is 25.6. The Morgan fingerprint density at radius 3 is 2.44 bits per heavy atom. The minimum absolute atomic E-state index is 0.274. The first-order valence-electron chi connectivity index (χ1n) is 14.8. The molecule has 232 valence electrons. The fraction of sp³-hybridized carbons (Fsp3) is 0.516. The summed E-state index contributed by atoms with van der Waals surface area (Å²) in [7, 11) is 0. The van der Waals surface area contributed by atoms with E-state index in [2.05, 4.69) is 15.5 Å². The number of nitrogens with zero attached hydrogens (tertiary/aromatic N) is 4. The first-order valence-corrected chi connectivity index (χ1v) is 14.8. The van der Waals surface area contributed by atoms with Crippen LogP contribution in [0.2, 0.25) is 0 Å². The smallest absolute Gasteiger partial charge is 0.410 e. The fourth-order valence-electron chi connectivity index (χ4n) is 5.01. The van der Waals surface area contributed by atoms with Crippen LogP contribution in [0.5, 0.6) is 0 Å². The highest BCUT2D eigenvalue weighted by molar-refractivity contribution is 5.89. The molecule has 2 aliphatic heterocycles. The number of benzene rings is 1. The van der Waals surface area contributed by atoms with Gasteiger partial charge in [-0.25, -0.2) is 24.4 Å². The Hall–Kier alpha value is -4.19. The summed E-state index contributed by atoms with van der Waals surface area (Å²) in [5, 5.41) is 5.52. The van der Waals surface area contributed by atoms with Crippen molar-refractivity contribution in [1.82, 2.24) is 20.2 Å². The topological polar surface area (TPSA) is 135 Å². The van der Waals surface area contributed by atoms with E-state index in [-0.39, 0.29) is 12.6 Å². The summed E-state index contributed by atoms with van der Waals surface area (Å²) in [6, 6.07) is 6.54. The lowest BCUT2D eigenvalue weighted by molar-refractivity contribution is -0.137. The summed E-state index contributed by atoms with van der Waals surface area (Å²) < 4.78 is 16.4. The van der Waals surface area contributed by atoms with Crippen LogP contribution in [0.4, 0.5) is 21.1 Å². The number of anilines is 2. The third-order valence-electron chi connectivity index (χ3n) is 6.89. The molecule has 12 nitrogen and oxygen atoms in total. The summed E-state index contributed by atoms with van der Waals surface area (Å²) >= 11 is 0. The molecule has 4 rings (SSSR count). The molecule has 3 amide bonds. The number of fused-ring (bicyclic) bond motifs is 1. The summed E-state index contributed by atoms with van der Waals surface area (Å²) in [5.41, 5.74) is 2.40. The van der Waals surface area contributed by atoms with Gasteiger partial charge in [0.25, 0.3) is 0 Å². The molecule has 0 bridgehead atoms. The number of morpholine rings is 1. The Kier molecular flexibility index (Phi) is 10.6. The van der Waals surface area contributed by atoms with E-state index in [1.807, 2.05) is 39.8 Å². The highest BCUT2D eigenvalue weighted by Crippen LogP contribution is 2.38. The molecule has 0 spiro atoms. The van der Waals surface area contributed by atoms with Gasteiger partial charge in [-0.2, -0.15) is 0 Å². The van der Waals surface area contributed by atoms with E-state index in [0.29, 0.717) is 69.4 Å². The van der Waals surface area contributed by atoms with E-state index in [4.69, 9.17) is 24.2 Å².